The molecule has 1 rings (SSSR count). The smallest absolute Gasteiger partial charge is 0.395 e. The Kier molecular flexibility index (Phi) is 3.13. The summed E-state index contributed by atoms with van der Waals surface area (Å²) in [5.74, 6) is 0. The minimum atomic E-state index is -4.32. The third-order valence-corrected chi connectivity index (χ3v) is 2.07. The van der Waals surface area contributed by atoms with Crippen LogP contribution in [0, 0.1) is 0 Å². The molecule has 0 saturated carbocycles. The van der Waals surface area contributed by atoms with Gasteiger partial charge in [0.2, 0.25) is 0 Å². The lowest BCUT2D eigenvalue weighted by Gasteiger charge is -2.23. The Morgan fingerprint density at radius 3 is 2.46 bits per heavy atom. The average Bonchev–Trinajstić information content (AvgIpc) is 2.27. The summed E-state index contributed by atoms with van der Waals surface area (Å²) in [4.78, 5) is 0.935. The van der Waals surface area contributed by atoms with Gasteiger partial charge in [0.25, 0.3) is 0 Å². The molecule has 2 nitrogen and oxygen atoms in total. The van der Waals surface area contributed by atoms with Gasteiger partial charge >= 0.3 is 6.18 Å². The molecule has 1 fully saturated rings. The maximum atomic E-state index is 12.7. The molecule has 0 spiro atoms. The van der Waals surface area contributed by atoms with Crippen molar-refractivity contribution in [3.63, 3.8) is 0 Å². The number of alkyl halides is 4. The Hall–Kier alpha value is -0.360. The Morgan fingerprint density at radius 1 is 1.38 bits per heavy atom. The number of rotatable bonds is 2. The van der Waals surface area contributed by atoms with Crippen molar-refractivity contribution in [2.75, 3.05) is 19.7 Å². The zero-order valence-electron chi connectivity index (χ0n) is 6.89. The molecule has 2 unspecified atom stereocenters. The number of aliphatic hydroxyl groups is 1. The van der Waals surface area contributed by atoms with Crippen LogP contribution in [0.5, 0.6) is 0 Å². The predicted molar refractivity (Wildman–Crippen MR) is 38.0 cm³/mol. The van der Waals surface area contributed by atoms with Crippen molar-refractivity contribution in [2.45, 2.75) is 24.8 Å². The van der Waals surface area contributed by atoms with Crippen LogP contribution in [-0.4, -0.2) is 48.1 Å². The minimum absolute atomic E-state index is 0.00736. The normalized spacial score (nSPS) is 31.2. The zero-order valence-corrected chi connectivity index (χ0v) is 6.89. The van der Waals surface area contributed by atoms with Gasteiger partial charge in [0.15, 0.2) is 0 Å². The van der Waals surface area contributed by atoms with Gasteiger partial charge in [-0.05, 0) is 6.42 Å². The fourth-order valence-corrected chi connectivity index (χ4v) is 1.54. The number of hydrogen-bond acceptors (Lipinski definition) is 2. The van der Waals surface area contributed by atoms with E-state index >= 15 is 0 Å². The van der Waals surface area contributed by atoms with Crippen LogP contribution in [0.2, 0.25) is 0 Å². The molecule has 13 heavy (non-hydrogen) atoms. The molecule has 1 heterocycles. The highest BCUT2D eigenvalue weighted by Gasteiger charge is 2.39. The predicted octanol–water partition coefficient (Wildman–Crippen LogP) is 0.953. The van der Waals surface area contributed by atoms with E-state index in [1.54, 1.807) is 0 Å². The van der Waals surface area contributed by atoms with Crippen molar-refractivity contribution in [1.82, 2.24) is 4.90 Å². The summed E-state index contributed by atoms with van der Waals surface area (Å²) in [7, 11) is 0. The first-order valence-corrected chi connectivity index (χ1v) is 3.98. The van der Waals surface area contributed by atoms with E-state index in [-0.39, 0.29) is 13.0 Å². The topological polar surface area (TPSA) is 23.5 Å². The van der Waals surface area contributed by atoms with Gasteiger partial charge in [0.05, 0.1) is 13.2 Å². The molecule has 1 aliphatic rings. The van der Waals surface area contributed by atoms with Crippen LogP contribution in [0.4, 0.5) is 17.6 Å². The zero-order chi connectivity index (χ0) is 10.1. The maximum absolute atomic E-state index is 12.7. The summed E-state index contributed by atoms with van der Waals surface area (Å²) < 4.78 is 48.4. The van der Waals surface area contributed by atoms with E-state index in [1.807, 2.05) is 0 Å². The minimum Gasteiger partial charge on any atom is -0.395 e. The monoisotopic (exact) mass is 201 g/mol. The van der Waals surface area contributed by atoms with Crippen LogP contribution in [0.3, 0.4) is 0 Å². The van der Waals surface area contributed by atoms with E-state index in [1.165, 1.54) is 0 Å². The Bertz CT molecular complexity index is 172. The Balaban J connectivity index is 2.49. The molecule has 0 aromatic carbocycles. The Labute approximate surface area is 73.1 Å². The van der Waals surface area contributed by atoms with Crippen molar-refractivity contribution < 1.29 is 22.7 Å². The molecule has 1 saturated heterocycles. The van der Waals surface area contributed by atoms with Gasteiger partial charge in [-0.25, -0.2) is 4.39 Å². The third kappa shape index (κ3) is 3.11. The van der Waals surface area contributed by atoms with Crippen LogP contribution in [-0.2, 0) is 0 Å². The standard InChI is InChI=1S/C7H11F4NO/c8-5-1-6(3-13)12(2-5)4-7(9,10)11/h5-6,13H,1-4H2. The highest BCUT2D eigenvalue weighted by atomic mass is 19.4. The molecule has 0 aliphatic carbocycles. The number of nitrogens with zero attached hydrogens (tertiary/aromatic N) is 1. The lowest BCUT2D eigenvalue weighted by Crippen LogP contribution is -2.39. The molecular formula is C7H11F4NO. The maximum Gasteiger partial charge on any atom is 0.401 e. The van der Waals surface area contributed by atoms with Gasteiger partial charge in [-0.3, -0.25) is 4.90 Å². The van der Waals surface area contributed by atoms with Crippen molar-refractivity contribution in [2.24, 2.45) is 0 Å². The SMILES string of the molecule is OCC1CC(F)CN1CC(F)(F)F. The first kappa shape index (κ1) is 10.7. The van der Waals surface area contributed by atoms with Crippen LogP contribution in [0.25, 0.3) is 0 Å². The molecule has 0 bridgehead atoms. The first-order chi connectivity index (χ1) is 5.92. The lowest BCUT2D eigenvalue weighted by atomic mass is 10.2. The molecule has 0 aromatic heterocycles. The van der Waals surface area contributed by atoms with Gasteiger partial charge in [-0.1, -0.05) is 0 Å². The van der Waals surface area contributed by atoms with Crippen molar-refractivity contribution in [3.8, 4) is 0 Å². The van der Waals surface area contributed by atoms with Gasteiger partial charge in [0, 0.05) is 12.6 Å². The van der Waals surface area contributed by atoms with E-state index in [2.05, 4.69) is 0 Å². The second kappa shape index (κ2) is 3.79. The van der Waals surface area contributed by atoms with E-state index in [4.69, 9.17) is 5.11 Å². The molecule has 0 aromatic rings. The summed E-state index contributed by atoms with van der Waals surface area (Å²) in [6.45, 7) is -1.79. The van der Waals surface area contributed by atoms with Gasteiger partial charge < -0.3 is 5.11 Å². The molecule has 1 aliphatic heterocycles. The van der Waals surface area contributed by atoms with Crippen LogP contribution in [0.15, 0.2) is 0 Å². The Morgan fingerprint density at radius 2 is 2.00 bits per heavy atom. The summed E-state index contributed by atoms with van der Waals surface area (Å²) >= 11 is 0. The summed E-state index contributed by atoms with van der Waals surface area (Å²) in [5, 5.41) is 8.68. The molecule has 6 heteroatoms. The van der Waals surface area contributed by atoms with Crippen LogP contribution >= 0.6 is 0 Å². The van der Waals surface area contributed by atoms with Crippen LogP contribution in [0.1, 0.15) is 6.42 Å². The summed E-state index contributed by atoms with van der Waals surface area (Å²) in [6.07, 6.45) is -5.58. The highest BCUT2D eigenvalue weighted by molar-refractivity contribution is 4.85. The number of halogens is 4. The molecule has 0 amide bonds. The molecule has 0 radical (unpaired) electrons. The quantitative estimate of drug-likeness (QED) is 0.672. The summed E-state index contributed by atoms with van der Waals surface area (Å²) in [6, 6.07) is -0.684. The molecule has 1 N–H and O–H groups in total. The fraction of sp³-hybridized carbons (Fsp3) is 1.00. The molecular weight excluding hydrogens is 190 g/mol. The third-order valence-electron chi connectivity index (χ3n) is 2.07. The van der Waals surface area contributed by atoms with Crippen molar-refractivity contribution in [1.29, 1.82) is 0 Å². The van der Waals surface area contributed by atoms with Gasteiger partial charge in [-0.2, -0.15) is 13.2 Å². The van der Waals surface area contributed by atoms with E-state index in [0.29, 0.717) is 0 Å². The van der Waals surface area contributed by atoms with Gasteiger partial charge in [-0.15, -0.1) is 0 Å². The fourth-order valence-electron chi connectivity index (χ4n) is 1.54. The number of likely N-dealkylation sites (tertiary alicyclic amines) is 1. The highest BCUT2D eigenvalue weighted by Crippen LogP contribution is 2.25. The van der Waals surface area contributed by atoms with Crippen molar-refractivity contribution in [3.05, 3.63) is 0 Å². The molecule has 78 valence electrons. The van der Waals surface area contributed by atoms with Crippen molar-refractivity contribution >= 4 is 0 Å². The molecule has 2 atom stereocenters. The number of hydrogen-bond donors (Lipinski definition) is 1. The van der Waals surface area contributed by atoms with E-state index in [0.717, 1.165) is 4.90 Å². The average molecular weight is 201 g/mol. The van der Waals surface area contributed by atoms with Gasteiger partial charge in [0.1, 0.15) is 6.17 Å². The largest absolute Gasteiger partial charge is 0.401 e. The lowest BCUT2D eigenvalue weighted by molar-refractivity contribution is -0.149. The van der Waals surface area contributed by atoms with E-state index < -0.39 is 31.5 Å². The second-order valence-electron chi connectivity index (χ2n) is 3.21. The van der Waals surface area contributed by atoms with Crippen LogP contribution < -0.4 is 0 Å². The number of aliphatic hydroxyl groups excluding tert-OH is 1. The summed E-state index contributed by atoms with van der Waals surface area (Å²) in [5.41, 5.74) is 0. The first-order valence-electron chi connectivity index (χ1n) is 3.98. The second-order valence-corrected chi connectivity index (χ2v) is 3.21. The van der Waals surface area contributed by atoms with E-state index in [9.17, 15) is 17.6 Å².